The van der Waals surface area contributed by atoms with E-state index in [0.717, 1.165) is 49.7 Å². The number of fused-ring (bicyclic) bond motifs is 3. The first-order valence-corrected chi connectivity index (χ1v) is 12.2. The Morgan fingerprint density at radius 1 is 1.08 bits per heavy atom. The highest BCUT2D eigenvalue weighted by atomic mass is 32.2. The maximum atomic E-state index is 11.8. The summed E-state index contributed by atoms with van der Waals surface area (Å²) in [7, 11) is -2.82. The summed E-state index contributed by atoms with van der Waals surface area (Å²) in [5, 5.41) is 1.28. The van der Waals surface area contributed by atoms with Gasteiger partial charge in [-0.3, -0.25) is 4.90 Å². The van der Waals surface area contributed by atoms with Crippen LogP contribution in [0.5, 0.6) is 0 Å². The molecule has 0 spiro atoms. The van der Waals surface area contributed by atoms with Crippen LogP contribution in [0.3, 0.4) is 0 Å². The lowest BCUT2D eigenvalue weighted by Gasteiger charge is -2.38. The molecule has 4 heterocycles. The fourth-order valence-corrected chi connectivity index (χ4v) is 7.66. The number of thiophene rings is 1. The largest absolute Gasteiger partial charge is 0.353 e. The van der Waals surface area contributed by atoms with Gasteiger partial charge in [-0.2, -0.15) is 0 Å². The van der Waals surface area contributed by atoms with Crippen LogP contribution < -0.4 is 4.90 Å². The maximum Gasteiger partial charge on any atom is 0.151 e. The molecule has 1 aliphatic carbocycles. The van der Waals surface area contributed by atoms with Crippen LogP contribution in [0, 0.1) is 0 Å². The van der Waals surface area contributed by atoms with Gasteiger partial charge in [-0.15, -0.1) is 11.3 Å². The molecule has 2 aromatic rings. The number of hydrogen-bond acceptors (Lipinski definition) is 7. The third-order valence-corrected chi connectivity index (χ3v) is 9.02. The summed E-state index contributed by atoms with van der Waals surface area (Å²) in [6, 6.07) is 0.210. The zero-order chi connectivity index (χ0) is 17.7. The molecule has 8 heteroatoms. The van der Waals surface area contributed by atoms with Gasteiger partial charge in [0.2, 0.25) is 0 Å². The summed E-state index contributed by atoms with van der Waals surface area (Å²) in [6.07, 6.45) is 7.37. The molecule has 0 amide bonds. The van der Waals surface area contributed by atoms with E-state index in [0.29, 0.717) is 11.5 Å². The van der Waals surface area contributed by atoms with Gasteiger partial charge in [-0.1, -0.05) is 0 Å². The zero-order valence-electron chi connectivity index (χ0n) is 14.9. The molecule has 0 radical (unpaired) electrons. The van der Waals surface area contributed by atoms with E-state index in [4.69, 9.17) is 0 Å². The van der Waals surface area contributed by atoms with Gasteiger partial charge in [0, 0.05) is 37.1 Å². The van der Waals surface area contributed by atoms with Crippen molar-refractivity contribution in [3.63, 3.8) is 0 Å². The van der Waals surface area contributed by atoms with Crippen LogP contribution in [0.2, 0.25) is 0 Å². The Morgan fingerprint density at radius 2 is 1.88 bits per heavy atom. The zero-order valence-corrected chi connectivity index (χ0v) is 16.5. The van der Waals surface area contributed by atoms with E-state index in [9.17, 15) is 8.42 Å². The fourth-order valence-electron chi connectivity index (χ4n) is 4.68. The molecular formula is C18H24N4O2S2. The van der Waals surface area contributed by atoms with Gasteiger partial charge in [0.25, 0.3) is 0 Å². The van der Waals surface area contributed by atoms with Crippen molar-refractivity contribution in [2.45, 2.75) is 38.1 Å². The van der Waals surface area contributed by atoms with Crippen LogP contribution in [0.4, 0.5) is 5.82 Å². The first kappa shape index (κ1) is 16.9. The van der Waals surface area contributed by atoms with Gasteiger partial charge >= 0.3 is 0 Å². The average Bonchev–Trinajstić information content (AvgIpc) is 3.21. The van der Waals surface area contributed by atoms with E-state index in [1.807, 2.05) is 11.3 Å². The van der Waals surface area contributed by atoms with Gasteiger partial charge in [-0.05, 0) is 37.7 Å². The van der Waals surface area contributed by atoms with Crippen LogP contribution in [0.15, 0.2) is 6.33 Å². The van der Waals surface area contributed by atoms with Crippen LogP contribution in [-0.2, 0) is 22.7 Å². The third-order valence-electron chi connectivity index (χ3n) is 6.07. The third kappa shape index (κ3) is 2.92. The minimum absolute atomic E-state index is 0.210. The van der Waals surface area contributed by atoms with Gasteiger partial charge < -0.3 is 4.90 Å². The average molecular weight is 393 g/mol. The molecule has 1 atom stereocenters. The van der Waals surface area contributed by atoms with E-state index in [1.165, 1.54) is 35.1 Å². The topological polar surface area (TPSA) is 66.4 Å². The Kier molecular flexibility index (Phi) is 4.17. The van der Waals surface area contributed by atoms with Crippen LogP contribution in [0.25, 0.3) is 10.2 Å². The number of aromatic nitrogens is 2. The Balaban J connectivity index is 1.38. The first-order chi connectivity index (χ1) is 12.6. The van der Waals surface area contributed by atoms with Crippen molar-refractivity contribution in [2.24, 2.45) is 0 Å². The SMILES string of the molecule is O=S1(=O)CC[C@@H](N2CCN(c3ncnc4sc5c(c34)CCCC5)CC2)C1. The van der Waals surface area contributed by atoms with Crippen molar-refractivity contribution < 1.29 is 8.42 Å². The molecule has 0 saturated carbocycles. The Labute approximate surface area is 158 Å². The number of piperazine rings is 1. The monoisotopic (exact) mass is 392 g/mol. The predicted molar refractivity (Wildman–Crippen MR) is 105 cm³/mol. The molecule has 26 heavy (non-hydrogen) atoms. The highest BCUT2D eigenvalue weighted by Crippen LogP contribution is 2.39. The van der Waals surface area contributed by atoms with Crippen LogP contribution >= 0.6 is 11.3 Å². The Hall–Kier alpha value is -1.25. The van der Waals surface area contributed by atoms with Gasteiger partial charge in [0.1, 0.15) is 17.0 Å². The first-order valence-electron chi connectivity index (χ1n) is 9.55. The second-order valence-electron chi connectivity index (χ2n) is 7.67. The lowest BCUT2D eigenvalue weighted by molar-refractivity contribution is 0.200. The number of sulfone groups is 1. The quantitative estimate of drug-likeness (QED) is 0.777. The molecule has 2 saturated heterocycles. The van der Waals surface area contributed by atoms with E-state index in [2.05, 4.69) is 19.8 Å². The summed E-state index contributed by atoms with van der Waals surface area (Å²) in [6.45, 7) is 3.65. The van der Waals surface area contributed by atoms with E-state index in [-0.39, 0.29) is 6.04 Å². The number of hydrogen-bond donors (Lipinski definition) is 0. The van der Waals surface area contributed by atoms with E-state index < -0.39 is 9.84 Å². The Morgan fingerprint density at radius 3 is 2.65 bits per heavy atom. The number of anilines is 1. The predicted octanol–water partition coefficient (Wildman–Crippen LogP) is 1.88. The normalized spacial score (nSPS) is 26.3. The summed E-state index contributed by atoms with van der Waals surface area (Å²) in [5.41, 5.74) is 1.48. The maximum absolute atomic E-state index is 11.8. The van der Waals surface area contributed by atoms with Gasteiger partial charge in [0.05, 0.1) is 16.9 Å². The highest BCUT2D eigenvalue weighted by molar-refractivity contribution is 7.91. The molecule has 6 nitrogen and oxygen atoms in total. The second kappa shape index (κ2) is 6.42. The molecule has 0 N–H and O–H groups in total. The smallest absolute Gasteiger partial charge is 0.151 e. The molecule has 0 aromatic carbocycles. The summed E-state index contributed by atoms with van der Waals surface area (Å²) >= 11 is 1.84. The van der Waals surface area contributed by atoms with E-state index >= 15 is 0 Å². The van der Waals surface area contributed by atoms with Crippen molar-refractivity contribution in [2.75, 3.05) is 42.6 Å². The fraction of sp³-hybridized carbons (Fsp3) is 0.667. The summed E-state index contributed by atoms with van der Waals surface area (Å²) in [4.78, 5) is 16.6. The molecule has 140 valence electrons. The number of rotatable bonds is 2. The van der Waals surface area contributed by atoms with Gasteiger partial charge in [0.15, 0.2) is 9.84 Å². The molecular weight excluding hydrogens is 368 g/mol. The van der Waals surface area contributed by atoms with Crippen molar-refractivity contribution in [3.8, 4) is 0 Å². The number of aryl methyl sites for hydroxylation is 2. The molecule has 2 aromatic heterocycles. The van der Waals surface area contributed by atoms with Crippen molar-refractivity contribution in [1.82, 2.24) is 14.9 Å². The van der Waals surface area contributed by atoms with Crippen LogP contribution in [-0.4, -0.2) is 67.0 Å². The molecule has 0 unspecified atom stereocenters. The van der Waals surface area contributed by atoms with Crippen molar-refractivity contribution in [1.29, 1.82) is 0 Å². The minimum Gasteiger partial charge on any atom is -0.353 e. The highest BCUT2D eigenvalue weighted by Gasteiger charge is 2.34. The molecule has 5 rings (SSSR count). The standard InChI is InChI=1S/C18H24N4O2S2/c23-26(24)10-5-13(11-26)21-6-8-22(9-7-21)17-16-14-3-1-2-4-15(14)25-18(16)20-12-19-17/h12-13H,1-11H2/t13-/m1/s1. The molecule has 3 aliphatic rings. The molecule has 2 fully saturated rings. The van der Waals surface area contributed by atoms with Gasteiger partial charge in [-0.25, -0.2) is 18.4 Å². The summed E-state index contributed by atoms with van der Waals surface area (Å²) < 4.78 is 23.5. The molecule has 0 bridgehead atoms. The lowest BCUT2D eigenvalue weighted by Crippen LogP contribution is -2.51. The Bertz CT molecular complexity index is 932. The molecule has 2 aliphatic heterocycles. The lowest BCUT2D eigenvalue weighted by atomic mass is 9.97. The van der Waals surface area contributed by atoms with Crippen molar-refractivity contribution in [3.05, 3.63) is 16.8 Å². The number of nitrogens with zero attached hydrogens (tertiary/aromatic N) is 4. The second-order valence-corrected chi connectivity index (χ2v) is 11.0. The minimum atomic E-state index is -2.82. The van der Waals surface area contributed by atoms with Crippen LogP contribution in [0.1, 0.15) is 29.7 Å². The van der Waals surface area contributed by atoms with E-state index in [1.54, 1.807) is 6.33 Å². The summed E-state index contributed by atoms with van der Waals surface area (Å²) in [5.74, 6) is 1.78. The van der Waals surface area contributed by atoms with Crippen molar-refractivity contribution >= 4 is 37.2 Å².